The van der Waals surface area contributed by atoms with Crippen LogP contribution in [0.1, 0.15) is 21.6 Å². The summed E-state index contributed by atoms with van der Waals surface area (Å²) in [5.41, 5.74) is 3.89. The van der Waals surface area contributed by atoms with Crippen molar-refractivity contribution in [1.29, 1.82) is 0 Å². The van der Waals surface area contributed by atoms with Gasteiger partial charge in [0.2, 0.25) is 0 Å². The number of carbonyl (C=O) groups is 1. The number of aromatic nitrogens is 2. The lowest BCUT2D eigenvalue weighted by molar-refractivity contribution is 0.111. The van der Waals surface area contributed by atoms with Crippen molar-refractivity contribution in [1.82, 2.24) is 9.78 Å². The summed E-state index contributed by atoms with van der Waals surface area (Å²) in [7, 11) is 3.79. The van der Waals surface area contributed by atoms with E-state index in [4.69, 9.17) is 0 Å². The molecule has 0 bridgehead atoms. The lowest BCUT2D eigenvalue weighted by Crippen LogP contribution is -2.18. The van der Waals surface area contributed by atoms with E-state index in [1.54, 1.807) is 17.9 Å². The maximum absolute atomic E-state index is 11.1. The molecule has 0 radical (unpaired) electrons. The van der Waals surface area contributed by atoms with Crippen molar-refractivity contribution in [2.24, 2.45) is 7.05 Å². The van der Waals surface area contributed by atoms with Crippen molar-refractivity contribution < 1.29 is 4.79 Å². The second-order valence-electron chi connectivity index (χ2n) is 4.58. The van der Waals surface area contributed by atoms with Gasteiger partial charge in [0.15, 0.2) is 6.29 Å². The summed E-state index contributed by atoms with van der Waals surface area (Å²) in [6.45, 7) is 2.73. The molecule has 0 saturated carbocycles. The molecule has 2 aromatic rings. The van der Waals surface area contributed by atoms with Crippen LogP contribution in [0.5, 0.6) is 0 Å². The van der Waals surface area contributed by atoms with Crippen LogP contribution >= 0.6 is 15.9 Å². The molecule has 2 rings (SSSR count). The van der Waals surface area contributed by atoms with Gasteiger partial charge >= 0.3 is 0 Å². The first-order valence-corrected chi connectivity index (χ1v) is 6.75. The van der Waals surface area contributed by atoms with Gasteiger partial charge in [-0.05, 0) is 30.7 Å². The van der Waals surface area contributed by atoms with E-state index in [-0.39, 0.29) is 0 Å². The summed E-state index contributed by atoms with van der Waals surface area (Å²) in [5, 5.41) is 4.12. The molecule has 0 aliphatic carbocycles. The van der Waals surface area contributed by atoms with E-state index in [1.807, 2.05) is 13.1 Å². The zero-order valence-corrected chi connectivity index (χ0v) is 12.8. The summed E-state index contributed by atoms with van der Waals surface area (Å²) in [6, 6.07) is 6.16. The quantitative estimate of drug-likeness (QED) is 0.813. The minimum atomic E-state index is 0.626. The smallest absolute Gasteiger partial charge is 0.168 e. The Hall–Kier alpha value is -1.62. The van der Waals surface area contributed by atoms with Crippen molar-refractivity contribution >= 4 is 27.9 Å². The molecule has 0 spiro atoms. The number of benzene rings is 1. The average molecular weight is 322 g/mol. The molecular weight excluding hydrogens is 306 g/mol. The van der Waals surface area contributed by atoms with E-state index in [0.717, 1.165) is 22.0 Å². The van der Waals surface area contributed by atoms with Crippen LogP contribution in [0, 0.1) is 6.92 Å². The lowest BCUT2D eigenvalue weighted by atomic mass is 10.1. The van der Waals surface area contributed by atoms with E-state index < -0.39 is 0 Å². The summed E-state index contributed by atoms with van der Waals surface area (Å²) in [4.78, 5) is 13.2. The predicted octanol–water partition coefficient (Wildman–Crippen LogP) is 2.94. The van der Waals surface area contributed by atoms with E-state index in [2.05, 4.69) is 45.0 Å². The zero-order chi connectivity index (χ0) is 14.0. The minimum Gasteiger partial charge on any atom is -0.370 e. The Balaban J connectivity index is 2.25. The van der Waals surface area contributed by atoms with Crippen LogP contribution in [-0.4, -0.2) is 23.1 Å². The van der Waals surface area contributed by atoms with Gasteiger partial charge < -0.3 is 4.90 Å². The molecule has 0 aliphatic heterocycles. The van der Waals surface area contributed by atoms with Crippen LogP contribution in [-0.2, 0) is 13.6 Å². The van der Waals surface area contributed by atoms with Gasteiger partial charge in [0.25, 0.3) is 0 Å². The number of carbonyl (C=O) groups excluding carboxylic acids is 1. The summed E-state index contributed by atoms with van der Waals surface area (Å²) in [6.07, 6.45) is 2.60. The normalized spacial score (nSPS) is 10.5. The topological polar surface area (TPSA) is 38.1 Å². The van der Waals surface area contributed by atoms with Gasteiger partial charge in [0, 0.05) is 36.4 Å². The number of hydrogen-bond acceptors (Lipinski definition) is 3. The molecule has 0 N–H and O–H groups in total. The third-order valence-corrected chi connectivity index (χ3v) is 3.65. The van der Waals surface area contributed by atoms with Crippen molar-refractivity contribution in [2.75, 3.05) is 11.9 Å². The van der Waals surface area contributed by atoms with Gasteiger partial charge in [0.05, 0.1) is 6.20 Å². The van der Waals surface area contributed by atoms with Crippen LogP contribution in [0.15, 0.2) is 28.9 Å². The third-order valence-electron chi connectivity index (χ3n) is 3.15. The molecule has 0 aliphatic rings. The molecular formula is C14H16BrN3O. The molecule has 4 nitrogen and oxygen atoms in total. The SMILES string of the molecule is Cc1cc(Br)ccc1N(C)Cc1cnn(C)c1C=O. The van der Waals surface area contributed by atoms with Crippen LogP contribution in [0.4, 0.5) is 5.69 Å². The van der Waals surface area contributed by atoms with Crippen LogP contribution in [0.25, 0.3) is 0 Å². The van der Waals surface area contributed by atoms with Crippen LogP contribution in [0.3, 0.4) is 0 Å². The number of hydrogen-bond donors (Lipinski definition) is 0. The number of aryl methyl sites for hydroxylation is 2. The summed E-state index contributed by atoms with van der Waals surface area (Å²) >= 11 is 3.46. The second-order valence-corrected chi connectivity index (χ2v) is 5.50. The van der Waals surface area contributed by atoms with E-state index in [9.17, 15) is 4.79 Å². The van der Waals surface area contributed by atoms with E-state index in [0.29, 0.717) is 12.2 Å². The maximum Gasteiger partial charge on any atom is 0.168 e. The Bertz CT molecular complexity index is 607. The molecule has 100 valence electrons. The Kier molecular flexibility index (Phi) is 4.04. The first kappa shape index (κ1) is 13.8. The first-order valence-electron chi connectivity index (χ1n) is 5.96. The number of rotatable bonds is 4. The van der Waals surface area contributed by atoms with Gasteiger partial charge in [-0.2, -0.15) is 5.10 Å². The monoisotopic (exact) mass is 321 g/mol. The number of aldehydes is 1. The van der Waals surface area contributed by atoms with Crippen molar-refractivity contribution in [3.8, 4) is 0 Å². The lowest BCUT2D eigenvalue weighted by Gasteiger charge is -2.21. The molecule has 0 fully saturated rings. The average Bonchev–Trinajstić information content (AvgIpc) is 2.69. The molecule has 1 aromatic heterocycles. The van der Waals surface area contributed by atoms with Gasteiger partial charge in [-0.15, -0.1) is 0 Å². The van der Waals surface area contributed by atoms with Gasteiger partial charge in [-0.1, -0.05) is 15.9 Å². The summed E-state index contributed by atoms with van der Waals surface area (Å²) < 4.78 is 2.67. The van der Waals surface area contributed by atoms with Crippen LogP contribution in [0.2, 0.25) is 0 Å². The molecule has 1 aromatic carbocycles. The summed E-state index contributed by atoms with van der Waals surface area (Å²) in [5.74, 6) is 0. The Morgan fingerprint density at radius 1 is 1.47 bits per heavy atom. The highest BCUT2D eigenvalue weighted by atomic mass is 79.9. The Morgan fingerprint density at radius 3 is 2.84 bits per heavy atom. The third kappa shape index (κ3) is 2.87. The highest BCUT2D eigenvalue weighted by molar-refractivity contribution is 9.10. The Morgan fingerprint density at radius 2 is 2.21 bits per heavy atom. The van der Waals surface area contributed by atoms with Crippen LogP contribution < -0.4 is 4.90 Å². The Labute approximate surface area is 121 Å². The van der Waals surface area contributed by atoms with E-state index >= 15 is 0 Å². The molecule has 0 unspecified atom stereocenters. The zero-order valence-electron chi connectivity index (χ0n) is 11.2. The molecule has 0 saturated heterocycles. The highest BCUT2D eigenvalue weighted by Gasteiger charge is 2.11. The largest absolute Gasteiger partial charge is 0.370 e. The van der Waals surface area contributed by atoms with Crippen molar-refractivity contribution in [3.63, 3.8) is 0 Å². The number of halogens is 1. The fourth-order valence-electron chi connectivity index (χ4n) is 2.15. The number of nitrogens with zero attached hydrogens (tertiary/aromatic N) is 3. The molecule has 0 atom stereocenters. The molecule has 19 heavy (non-hydrogen) atoms. The van der Waals surface area contributed by atoms with Crippen molar-refractivity contribution in [2.45, 2.75) is 13.5 Å². The van der Waals surface area contributed by atoms with Gasteiger partial charge in [-0.25, -0.2) is 0 Å². The predicted molar refractivity (Wildman–Crippen MR) is 79.6 cm³/mol. The van der Waals surface area contributed by atoms with Crippen molar-refractivity contribution in [3.05, 3.63) is 45.7 Å². The molecule has 0 amide bonds. The standard InChI is InChI=1S/C14H16BrN3O/c1-10-6-12(15)4-5-13(10)17(2)8-11-7-16-18(3)14(11)9-19/h4-7,9H,8H2,1-3H3. The fourth-order valence-corrected chi connectivity index (χ4v) is 2.63. The van der Waals surface area contributed by atoms with Gasteiger partial charge in [-0.3, -0.25) is 9.48 Å². The maximum atomic E-state index is 11.1. The second kappa shape index (κ2) is 5.57. The fraction of sp³-hybridized carbons (Fsp3) is 0.286. The number of anilines is 1. The molecule has 5 heteroatoms. The molecule has 1 heterocycles. The van der Waals surface area contributed by atoms with Gasteiger partial charge in [0.1, 0.15) is 5.69 Å². The van der Waals surface area contributed by atoms with E-state index in [1.165, 1.54) is 5.56 Å². The highest BCUT2D eigenvalue weighted by Crippen LogP contribution is 2.24. The minimum absolute atomic E-state index is 0.626. The first-order chi connectivity index (χ1) is 9.02.